The van der Waals surface area contributed by atoms with Crippen LogP contribution in [0.25, 0.3) is 0 Å². The van der Waals surface area contributed by atoms with Crippen molar-refractivity contribution in [3.8, 4) is 0 Å². The lowest BCUT2D eigenvalue weighted by molar-refractivity contribution is 0.324. The molecule has 1 unspecified atom stereocenters. The first-order valence-electron chi connectivity index (χ1n) is 6.19. The van der Waals surface area contributed by atoms with Gasteiger partial charge in [0.25, 0.3) is 0 Å². The topological polar surface area (TPSA) is 50.9 Å². The minimum absolute atomic E-state index is 0.253. The monoisotopic (exact) mass is 239 g/mol. The molecule has 1 aromatic heterocycles. The Morgan fingerprint density at radius 2 is 2.06 bits per heavy atom. The van der Waals surface area contributed by atoms with Crippen molar-refractivity contribution in [3.63, 3.8) is 0 Å². The smallest absolute Gasteiger partial charge is 0.0898 e. The molecule has 1 heterocycles. The van der Waals surface area contributed by atoms with Crippen molar-refractivity contribution in [2.75, 3.05) is 0 Å². The van der Waals surface area contributed by atoms with Crippen molar-refractivity contribution in [2.45, 2.75) is 51.5 Å². The second-order valence-corrected chi connectivity index (χ2v) is 5.75. The van der Waals surface area contributed by atoms with E-state index in [-0.39, 0.29) is 6.04 Å². The summed E-state index contributed by atoms with van der Waals surface area (Å²) in [7, 11) is 0. The average Bonchev–Trinajstić information content (AvgIpc) is 2.55. The van der Waals surface area contributed by atoms with Crippen LogP contribution in [0.3, 0.4) is 0 Å². The third-order valence-corrected chi connectivity index (χ3v) is 4.30. The minimum Gasteiger partial charge on any atom is -0.271 e. The summed E-state index contributed by atoms with van der Waals surface area (Å²) in [5.41, 5.74) is 4.11. The lowest BCUT2D eigenvalue weighted by atomic mass is 9.90. The molecular formula is C12H21N3S. The van der Waals surface area contributed by atoms with Crippen LogP contribution in [0.2, 0.25) is 0 Å². The molecule has 0 spiro atoms. The number of nitrogens with one attached hydrogen (secondary N) is 1. The van der Waals surface area contributed by atoms with Gasteiger partial charge in [-0.25, -0.2) is 4.98 Å². The Kier molecular flexibility index (Phi) is 4.32. The molecule has 1 aliphatic carbocycles. The zero-order valence-corrected chi connectivity index (χ0v) is 10.7. The van der Waals surface area contributed by atoms with Gasteiger partial charge >= 0.3 is 0 Å². The molecule has 1 atom stereocenters. The van der Waals surface area contributed by atoms with E-state index in [0.29, 0.717) is 5.92 Å². The second kappa shape index (κ2) is 5.75. The number of thiazole rings is 1. The molecule has 1 aromatic rings. The molecule has 1 aliphatic rings. The molecule has 0 saturated heterocycles. The quantitative estimate of drug-likeness (QED) is 0.484. The van der Waals surface area contributed by atoms with E-state index in [1.165, 1.54) is 38.5 Å². The van der Waals surface area contributed by atoms with Gasteiger partial charge in [0, 0.05) is 5.38 Å². The van der Waals surface area contributed by atoms with E-state index >= 15 is 0 Å². The van der Waals surface area contributed by atoms with Gasteiger partial charge in [-0.2, -0.15) is 0 Å². The maximum atomic E-state index is 5.71. The first kappa shape index (κ1) is 12.0. The van der Waals surface area contributed by atoms with Gasteiger partial charge in [-0.15, -0.1) is 11.3 Å². The number of rotatable bonds is 3. The molecule has 3 N–H and O–H groups in total. The third kappa shape index (κ3) is 2.81. The van der Waals surface area contributed by atoms with Crippen LogP contribution in [-0.2, 0) is 0 Å². The van der Waals surface area contributed by atoms with E-state index in [1.807, 2.05) is 0 Å². The number of aryl methyl sites for hydroxylation is 1. The Labute approximate surface area is 101 Å². The first-order chi connectivity index (χ1) is 7.81. The van der Waals surface area contributed by atoms with Crippen LogP contribution in [0, 0.1) is 12.8 Å². The van der Waals surface area contributed by atoms with Crippen molar-refractivity contribution in [1.82, 2.24) is 10.4 Å². The standard InChI is InChI=1S/C12H21N3S/c1-9-14-11(8-16-9)12(15-13)10-6-4-2-3-5-7-10/h8,10,12,15H,2-7,13H2,1H3. The fourth-order valence-electron chi connectivity index (χ4n) is 2.63. The van der Waals surface area contributed by atoms with Crippen LogP contribution >= 0.6 is 11.3 Å². The second-order valence-electron chi connectivity index (χ2n) is 4.69. The highest BCUT2D eigenvalue weighted by atomic mass is 32.1. The summed E-state index contributed by atoms with van der Waals surface area (Å²) in [6.07, 6.45) is 8.00. The molecular weight excluding hydrogens is 218 g/mol. The molecule has 4 heteroatoms. The van der Waals surface area contributed by atoms with E-state index in [1.54, 1.807) is 11.3 Å². The minimum atomic E-state index is 0.253. The van der Waals surface area contributed by atoms with Gasteiger partial charge in [0.15, 0.2) is 0 Å². The molecule has 0 amide bonds. The average molecular weight is 239 g/mol. The predicted octanol–water partition coefficient (Wildman–Crippen LogP) is 2.93. The Morgan fingerprint density at radius 1 is 1.38 bits per heavy atom. The highest BCUT2D eigenvalue weighted by molar-refractivity contribution is 7.09. The van der Waals surface area contributed by atoms with Gasteiger partial charge in [0.1, 0.15) is 0 Å². The van der Waals surface area contributed by atoms with Crippen molar-refractivity contribution in [2.24, 2.45) is 11.8 Å². The Bertz CT molecular complexity index is 316. The van der Waals surface area contributed by atoms with E-state index in [2.05, 4.69) is 22.7 Å². The summed E-state index contributed by atoms with van der Waals surface area (Å²) in [6, 6.07) is 0.253. The third-order valence-electron chi connectivity index (χ3n) is 3.51. The molecule has 0 aliphatic heterocycles. The highest BCUT2D eigenvalue weighted by Gasteiger charge is 2.24. The van der Waals surface area contributed by atoms with Crippen LogP contribution in [0.15, 0.2) is 5.38 Å². The van der Waals surface area contributed by atoms with Crippen LogP contribution in [0.1, 0.15) is 55.3 Å². The van der Waals surface area contributed by atoms with E-state index < -0.39 is 0 Å². The molecule has 16 heavy (non-hydrogen) atoms. The van der Waals surface area contributed by atoms with E-state index in [0.717, 1.165) is 10.7 Å². The molecule has 1 saturated carbocycles. The Hall–Kier alpha value is -0.450. The summed E-state index contributed by atoms with van der Waals surface area (Å²) in [5, 5.41) is 3.27. The summed E-state index contributed by atoms with van der Waals surface area (Å²) in [6.45, 7) is 2.05. The summed E-state index contributed by atoms with van der Waals surface area (Å²) < 4.78 is 0. The van der Waals surface area contributed by atoms with Crippen molar-refractivity contribution in [1.29, 1.82) is 0 Å². The molecule has 90 valence electrons. The largest absolute Gasteiger partial charge is 0.271 e. The maximum Gasteiger partial charge on any atom is 0.0898 e. The van der Waals surface area contributed by atoms with Crippen LogP contribution < -0.4 is 11.3 Å². The van der Waals surface area contributed by atoms with E-state index in [4.69, 9.17) is 5.84 Å². The van der Waals surface area contributed by atoms with Gasteiger partial charge in [-0.3, -0.25) is 11.3 Å². The van der Waals surface area contributed by atoms with Crippen LogP contribution in [0.4, 0.5) is 0 Å². The van der Waals surface area contributed by atoms with Crippen molar-refractivity contribution in [3.05, 3.63) is 16.1 Å². The normalized spacial score (nSPS) is 20.6. The molecule has 0 aromatic carbocycles. The summed E-state index contributed by atoms with van der Waals surface area (Å²) in [4.78, 5) is 4.56. The molecule has 0 bridgehead atoms. The highest BCUT2D eigenvalue weighted by Crippen LogP contribution is 2.33. The zero-order chi connectivity index (χ0) is 11.4. The SMILES string of the molecule is Cc1nc(C(NN)C2CCCCCC2)cs1. The lowest BCUT2D eigenvalue weighted by Crippen LogP contribution is -2.33. The number of nitrogens with zero attached hydrogens (tertiary/aromatic N) is 1. The van der Waals surface area contributed by atoms with Crippen LogP contribution in [0.5, 0.6) is 0 Å². The zero-order valence-electron chi connectivity index (χ0n) is 9.91. The number of hydrogen-bond acceptors (Lipinski definition) is 4. The number of hydrazine groups is 1. The molecule has 1 fully saturated rings. The fourth-order valence-corrected chi connectivity index (χ4v) is 3.28. The summed E-state index contributed by atoms with van der Waals surface area (Å²) >= 11 is 1.71. The van der Waals surface area contributed by atoms with Crippen LogP contribution in [-0.4, -0.2) is 4.98 Å². The fraction of sp³-hybridized carbons (Fsp3) is 0.750. The number of aromatic nitrogens is 1. The number of nitrogens with two attached hydrogens (primary N) is 1. The van der Waals surface area contributed by atoms with Gasteiger partial charge < -0.3 is 0 Å². The Balaban J connectivity index is 2.08. The molecule has 0 radical (unpaired) electrons. The van der Waals surface area contributed by atoms with Gasteiger partial charge in [-0.05, 0) is 25.7 Å². The molecule has 3 nitrogen and oxygen atoms in total. The van der Waals surface area contributed by atoms with Gasteiger partial charge in [-0.1, -0.05) is 25.7 Å². The predicted molar refractivity (Wildman–Crippen MR) is 68.1 cm³/mol. The van der Waals surface area contributed by atoms with Crippen molar-refractivity contribution < 1.29 is 0 Å². The Morgan fingerprint density at radius 3 is 2.56 bits per heavy atom. The maximum absolute atomic E-state index is 5.71. The van der Waals surface area contributed by atoms with Crippen molar-refractivity contribution >= 4 is 11.3 Å². The van der Waals surface area contributed by atoms with Gasteiger partial charge in [0.2, 0.25) is 0 Å². The van der Waals surface area contributed by atoms with E-state index in [9.17, 15) is 0 Å². The molecule has 2 rings (SSSR count). The lowest BCUT2D eigenvalue weighted by Gasteiger charge is -2.23. The van der Waals surface area contributed by atoms with Gasteiger partial charge in [0.05, 0.1) is 16.7 Å². The number of hydrogen-bond donors (Lipinski definition) is 2. The first-order valence-corrected chi connectivity index (χ1v) is 7.07. The summed E-state index contributed by atoms with van der Waals surface area (Å²) in [5.74, 6) is 6.37.